The van der Waals surface area contributed by atoms with Gasteiger partial charge in [-0.2, -0.15) is 0 Å². The van der Waals surface area contributed by atoms with Gasteiger partial charge in [-0.15, -0.1) is 0 Å². The first-order valence-electron chi connectivity index (χ1n) is 7.51. The number of rotatable bonds is 11. The van der Waals surface area contributed by atoms with Crippen LogP contribution in [-0.4, -0.2) is 55.9 Å². The molecule has 0 fully saturated rings. The molecule has 4 heteroatoms. The van der Waals surface area contributed by atoms with E-state index < -0.39 is 0 Å². The number of hydrogen-bond acceptors (Lipinski definition) is 3. The lowest BCUT2D eigenvalue weighted by Gasteiger charge is -2.24. The van der Waals surface area contributed by atoms with E-state index in [0.717, 1.165) is 32.5 Å². The third-order valence-electron chi connectivity index (χ3n) is 3.78. The maximum Gasteiger partial charge on any atom is 0.0963 e. The molecule has 0 aromatic heterocycles. The summed E-state index contributed by atoms with van der Waals surface area (Å²) in [6.07, 6.45) is 4.60. The fourth-order valence-electron chi connectivity index (χ4n) is 2.08. The molecule has 114 valence electrons. The molecule has 0 heterocycles. The van der Waals surface area contributed by atoms with Crippen LogP contribution in [0.5, 0.6) is 0 Å². The van der Waals surface area contributed by atoms with Gasteiger partial charge >= 0.3 is 0 Å². The second-order valence-corrected chi connectivity index (χ2v) is 6.35. The van der Waals surface area contributed by atoms with E-state index in [0.29, 0.717) is 5.84 Å². The first-order chi connectivity index (χ1) is 8.79. The van der Waals surface area contributed by atoms with Gasteiger partial charge in [-0.05, 0) is 59.5 Å². The van der Waals surface area contributed by atoms with Crippen molar-refractivity contribution in [1.82, 2.24) is 9.80 Å². The van der Waals surface area contributed by atoms with Gasteiger partial charge in [0.05, 0.1) is 5.84 Å². The summed E-state index contributed by atoms with van der Waals surface area (Å²) in [5.74, 6) is 0.311. The molecule has 0 aliphatic rings. The van der Waals surface area contributed by atoms with E-state index in [1.165, 1.54) is 19.4 Å². The van der Waals surface area contributed by atoms with Crippen molar-refractivity contribution in [2.75, 3.05) is 40.3 Å². The number of hydrogen-bond donors (Lipinski definition) is 2. The fourth-order valence-corrected chi connectivity index (χ4v) is 2.08. The lowest BCUT2D eigenvalue weighted by molar-refractivity contribution is 0.257. The Bertz CT molecular complexity index is 249. The third kappa shape index (κ3) is 9.00. The standard InChI is InChI=1S/C15H34N4/c1-6-19(13-9-11-18(4)5)12-8-7-10-15(2,3)14(16)17/h6-13H2,1-5H3,(H3,16,17). The van der Waals surface area contributed by atoms with E-state index >= 15 is 0 Å². The smallest absolute Gasteiger partial charge is 0.0963 e. The van der Waals surface area contributed by atoms with Gasteiger partial charge in [0, 0.05) is 5.41 Å². The quantitative estimate of drug-likeness (QED) is 0.344. The molecule has 4 nitrogen and oxygen atoms in total. The molecular weight excluding hydrogens is 236 g/mol. The SMILES string of the molecule is CCN(CCCCC(C)(C)C(=N)N)CCCN(C)C. The van der Waals surface area contributed by atoms with Crippen molar-refractivity contribution < 1.29 is 0 Å². The molecule has 0 bridgehead atoms. The molecule has 0 amide bonds. The van der Waals surface area contributed by atoms with Crippen molar-refractivity contribution in [3.05, 3.63) is 0 Å². The Balaban J connectivity index is 3.75. The van der Waals surface area contributed by atoms with Crippen molar-refractivity contribution >= 4 is 5.84 Å². The molecule has 19 heavy (non-hydrogen) atoms. The van der Waals surface area contributed by atoms with Crippen LogP contribution in [0.25, 0.3) is 0 Å². The van der Waals surface area contributed by atoms with Crippen LogP contribution in [0.1, 0.15) is 46.5 Å². The Morgan fingerprint density at radius 2 is 1.63 bits per heavy atom. The minimum absolute atomic E-state index is 0.137. The topological polar surface area (TPSA) is 56.4 Å². The van der Waals surface area contributed by atoms with Crippen LogP contribution in [0.3, 0.4) is 0 Å². The van der Waals surface area contributed by atoms with Gasteiger partial charge in [0.1, 0.15) is 0 Å². The molecule has 0 unspecified atom stereocenters. The third-order valence-corrected chi connectivity index (χ3v) is 3.78. The molecule has 0 radical (unpaired) electrons. The van der Waals surface area contributed by atoms with Crippen molar-refractivity contribution in [3.63, 3.8) is 0 Å². The van der Waals surface area contributed by atoms with Gasteiger partial charge in [0.2, 0.25) is 0 Å². The monoisotopic (exact) mass is 270 g/mol. The Morgan fingerprint density at radius 3 is 2.11 bits per heavy atom. The minimum Gasteiger partial charge on any atom is -0.387 e. The maximum absolute atomic E-state index is 7.55. The van der Waals surface area contributed by atoms with E-state index in [2.05, 4.69) is 44.7 Å². The maximum atomic E-state index is 7.55. The summed E-state index contributed by atoms with van der Waals surface area (Å²) in [7, 11) is 4.25. The van der Waals surface area contributed by atoms with Crippen molar-refractivity contribution in [3.8, 4) is 0 Å². The summed E-state index contributed by atoms with van der Waals surface area (Å²) < 4.78 is 0. The molecule has 0 saturated heterocycles. The van der Waals surface area contributed by atoms with Gasteiger partial charge < -0.3 is 15.5 Å². The van der Waals surface area contributed by atoms with Gasteiger partial charge in [-0.1, -0.05) is 27.2 Å². The zero-order chi connectivity index (χ0) is 14.9. The number of nitrogens with one attached hydrogen (secondary N) is 1. The van der Waals surface area contributed by atoms with Crippen LogP contribution >= 0.6 is 0 Å². The highest BCUT2D eigenvalue weighted by Crippen LogP contribution is 2.22. The summed E-state index contributed by atoms with van der Waals surface area (Å²) in [6.45, 7) is 11.0. The first kappa shape index (κ1) is 18.4. The zero-order valence-electron chi connectivity index (χ0n) is 13.6. The Morgan fingerprint density at radius 1 is 1.05 bits per heavy atom. The lowest BCUT2D eigenvalue weighted by atomic mass is 9.86. The predicted molar refractivity (Wildman–Crippen MR) is 84.8 cm³/mol. The predicted octanol–water partition coefficient (Wildman–Crippen LogP) is 2.39. The van der Waals surface area contributed by atoms with E-state index in [9.17, 15) is 0 Å². The highest BCUT2D eigenvalue weighted by atomic mass is 15.1. The Labute approximate surface area is 119 Å². The summed E-state index contributed by atoms with van der Waals surface area (Å²) in [6, 6.07) is 0. The lowest BCUT2D eigenvalue weighted by Crippen LogP contribution is -2.31. The molecule has 0 aromatic carbocycles. The van der Waals surface area contributed by atoms with E-state index in [1.54, 1.807) is 0 Å². The Hall–Kier alpha value is -0.610. The molecule has 0 atom stereocenters. The van der Waals surface area contributed by atoms with Gasteiger partial charge in [-0.3, -0.25) is 5.41 Å². The molecule has 0 aliphatic carbocycles. The molecule has 3 N–H and O–H groups in total. The zero-order valence-corrected chi connectivity index (χ0v) is 13.6. The molecular formula is C15H34N4. The van der Waals surface area contributed by atoms with Crippen molar-refractivity contribution in [2.24, 2.45) is 11.1 Å². The largest absolute Gasteiger partial charge is 0.387 e. The van der Waals surface area contributed by atoms with Crippen LogP contribution in [0.2, 0.25) is 0 Å². The summed E-state index contributed by atoms with van der Waals surface area (Å²) in [4.78, 5) is 4.76. The number of nitrogens with two attached hydrogens (primary N) is 1. The Kier molecular flexibility index (Phi) is 9.02. The average Bonchev–Trinajstić information content (AvgIpc) is 2.31. The second-order valence-electron chi connectivity index (χ2n) is 6.35. The van der Waals surface area contributed by atoms with Crippen LogP contribution in [0.4, 0.5) is 0 Å². The normalized spacial score (nSPS) is 12.4. The van der Waals surface area contributed by atoms with Crippen LogP contribution in [0.15, 0.2) is 0 Å². The molecule has 0 aliphatic heterocycles. The summed E-state index contributed by atoms with van der Waals surface area (Å²) in [5.41, 5.74) is 5.46. The van der Waals surface area contributed by atoms with Crippen LogP contribution in [-0.2, 0) is 0 Å². The molecule has 0 aromatic rings. The summed E-state index contributed by atoms with van der Waals surface area (Å²) in [5, 5.41) is 7.55. The van der Waals surface area contributed by atoms with E-state index in [-0.39, 0.29) is 5.41 Å². The number of unbranched alkanes of at least 4 members (excludes halogenated alkanes) is 1. The highest BCUT2D eigenvalue weighted by molar-refractivity contribution is 5.82. The molecule has 0 saturated carbocycles. The van der Waals surface area contributed by atoms with Crippen LogP contribution in [0, 0.1) is 10.8 Å². The first-order valence-corrected chi connectivity index (χ1v) is 7.51. The van der Waals surface area contributed by atoms with Gasteiger partial charge in [-0.25, -0.2) is 0 Å². The second kappa shape index (κ2) is 9.32. The van der Waals surface area contributed by atoms with Gasteiger partial charge in [0.25, 0.3) is 0 Å². The van der Waals surface area contributed by atoms with E-state index in [4.69, 9.17) is 11.1 Å². The van der Waals surface area contributed by atoms with E-state index in [1.807, 2.05) is 0 Å². The van der Waals surface area contributed by atoms with Gasteiger partial charge in [0.15, 0.2) is 0 Å². The van der Waals surface area contributed by atoms with Crippen molar-refractivity contribution in [2.45, 2.75) is 46.5 Å². The number of nitrogens with zero attached hydrogens (tertiary/aromatic N) is 2. The highest BCUT2D eigenvalue weighted by Gasteiger charge is 2.20. The molecule has 0 spiro atoms. The van der Waals surface area contributed by atoms with Crippen LogP contribution < -0.4 is 5.73 Å². The minimum atomic E-state index is -0.137. The number of amidine groups is 1. The fraction of sp³-hybridized carbons (Fsp3) is 0.933. The van der Waals surface area contributed by atoms with Crippen molar-refractivity contribution in [1.29, 1.82) is 5.41 Å². The summed E-state index contributed by atoms with van der Waals surface area (Å²) >= 11 is 0. The molecule has 0 rings (SSSR count). The average molecular weight is 270 g/mol.